The lowest BCUT2D eigenvalue weighted by Crippen LogP contribution is -2.24. The lowest BCUT2D eigenvalue weighted by molar-refractivity contribution is 0.0954. The summed E-state index contributed by atoms with van der Waals surface area (Å²) in [5, 5.41) is 10.9. The second kappa shape index (κ2) is 5.40. The number of carbonyl (C=O) groups excluding carboxylic acids is 1. The Bertz CT molecular complexity index is 371. The standard InChI is InChI=1S/C10H9BrN2O/c11-9-4-1-3-8(7-9)10(14)13-6-2-5-12/h1,3-4,7H,2,6H2,(H,13,14). The summed E-state index contributed by atoms with van der Waals surface area (Å²) in [5.74, 6) is -0.151. The molecule has 1 N–H and O–H groups in total. The van der Waals surface area contributed by atoms with Crippen LogP contribution in [0.25, 0.3) is 0 Å². The van der Waals surface area contributed by atoms with E-state index in [-0.39, 0.29) is 5.91 Å². The first-order chi connectivity index (χ1) is 6.74. The Morgan fingerprint density at radius 3 is 3.00 bits per heavy atom. The van der Waals surface area contributed by atoms with Gasteiger partial charge >= 0.3 is 0 Å². The van der Waals surface area contributed by atoms with Gasteiger partial charge in [-0.05, 0) is 18.2 Å². The minimum Gasteiger partial charge on any atom is -0.351 e. The van der Waals surface area contributed by atoms with Crippen molar-refractivity contribution in [3.8, 4) is 6.07 Å². The topological polar surface area (TPSA) is 52.9 Å². The van der Waals surface area contributed by atoms with Gasteiger partial charge in [-0.1, -0.05) is 22.0 Å². The van der Waals surface area contributed by atoms with Gasteiger partial charge in [-0.2, -0.15) is 5.26 Å². The van der Waals surface area contributed by atoms with Gasteiger partial charge in [-0.3, -0.25) is 4.79 Å². The van der Waals surface area contributed by atoms with Gasteiger partial charge in [0.05, 0.1) is 12.5 Å². The molecule has 0 radical (unpaired) electrons. The highest BCUT2D eigenvalue weighted by molar-refractivity contribution is 9.10. The molecule has 1 rings (SSSR count). The Kier molecular flexibility index (Phi) is 4.14. The third-order valence-corrected chi connectivity index (χ3v) is 2.10. The number of rotatable bonds is 3. The van der Waals surface area contributed by atoms with Crippen LogP contribution in [0.3, 0.4) is 0 Å². The van der Waals surface area contributed by atoms with E-state index < -0.39 is 0 Å². The van der Waals surface area contributed by atoms with E-state index in [4.69, 9.17) is 5.26 Å². The Morgan fingerprint density at radius 1 is 1.57 bits per heavy atom. The summed E-state index contributed by atoms with van der Waals surface area (Å²) in [7, 11) is 0. The van der Waals surface area contributed by atoms with Crippen LogP contribution in [0.4, 0.5) is 0 Å². The number of amides is 1. The van der Waals surface area contributed by atoms with Gasteiger partial charge in [0.15, 0.2) is 0 Å². The predicted molar refractivity (Wildman–Crippen MR) is 56.7 cm³/mol. The van der Waals surface area contributed by atoms with Crippen LogP contribution >= 0.6 is 15.9 Å². The molecule has 0 aliphatic carbocycles. The highest BCUT2D eigenvalue weighted by atomic mass is 79.9. The number of nitriles is 1. The number of hydrogen-bond acceptors (Lipinski definition) is 2. The highest BCUT2D eigenvalue weighted by Gasteiger charge is 2.03. The number of halogens is 1. The van der Waals surface area contributed by atoms with Crippen molar-refractivity contribution >= 4 is 21.8 Å². The molecule has 1 aromatic rings. The molecule has 0 aliphatic heterocycles. The maximum absolute atomic E-state index is 11.4. The van der Waals surface area contributed by atoms with Crippen LogP contribution in [0.5, 0.6) is 0 Å². The summed E-state index contributed by atoms with van der Waals surface area (Å²) in [5.41, 5.74) is 0.595. The summed E-state index contributed by atoms with van der Waals surface area (Å²) in [6, 6.07) is 9.08. The first-order valence-electron chi connectivity index (χ1n) is 4.15. The normalized spacial score (nSPS) is 9.14. The zero-order valence-electron chi connectivity index (χ0n) is 7.46. The van der Waals surface area contributed by atoms with Gasteiger partial charge < -0.3 is 5.32 Å². The zero-order valence-corrected chi connectivity index (χ0v) is 9.04. The van der Waals surface area contributed by atoms with Gasteiger partial charge in [-0.25, -0.2) is 0 Å². The SMILES string of the molecule is N#CCCNC(=O)c1cccc(Br)c1. The van der Waals surface area contributed by atoms with Crippen LogP contribution in [-0.2, 0) is 0 Å². The molecule has 0 aromatic heterocycles. The largest absolute Gasteiger partial charge is 0.351 e. The second-order valence-corrected chi connectivity index (χ2v) is 3.59. The molecule has 0 saturated carbocycles. The monoisotopic (exact) mass is 252 g/mol. The molecule has 72 valence electrons. The van der Waals surface area contributed by atoms with Crippen molar-refractivity contribution in [3.63, 3.8) is 0 Å². The first-order valence-corrected chi connectivity index (χ1v) is 4.94. The molecule has 0 unspecified atom stereocenters. The quantitative estimate of drug-likeness (QED) is 0.838. The molecule has 1 aromatic carbocycles. The Morgan fingerprint density at radius 2 is 2.36 bits per heavy atom. The van der Waals surface area contributed by atoms with Crippen molar-refractivity contribution < 1.29 is 4.79 Å². The van der Waals surface area contributed by atoms with Crippen molar-refractivity contribution in [2.45, 2.75) is 6.42 Å². The van der Waals surface area contributed by atoms with E-state index in [1.165, 1.54) is 0 Å². The van der Waals surface area contributed by atoms with E-state index in [1.54, 1.807) is 18.2 Å². The summed E-state index contributed by atoms with van der Waals surface area (Å²) in [4.78, 5) is 11.4. The van der Waals surface area contributed by atoms with Crippen LogP contribution in [0.1, 0.15) is 16.8 Å². The smallest absolute Gasteiger partial charge is 0.251 e. The van der Waals surface area contributed by atoms with Crippen molar-refractivity contribution in [3.05, 3.63) is 34.3 Å². The van der Waals surface area contributed by atoms with Gasteiger partial charge in [0, 0.05) is 16.6 Å². The zero-order chi connectivity index (χ0) is 10.4. The molecule has 0 saturated heterocycles. The summed E-state index contributed by atoms with van der Waals surface area (Å²) < 4.78 is 0.866. The van der Waals surface area contributed by atoms with Crippen LogP contribution in [0.15, 0.2) is 28.7 Å². The maximum Gasteiger partial charge on any atom is 0.251 e. The number of nitrogens with zero attached hydrogens (tertiary/aromatic N) is 1. The van der Waals surface area contributed by atoms with Crippen LogP contribution in [0, 0.1) is 11.3 Å². The van der Waals surface area contributed by atoms with Gasteiger partial charge in [0.25, 0.3) is 5.91 Å². The van der Waals surface area contributed by atoms with Crippen LogP contribution in [0.2, 0.25) is 0 Å². The average Bonchev–Trinajstić information content (AvgIpc) is 2.18. The fourth-order valence-electron chi connectivity index (χ4n) is 0.964. The third-order valence-electron chi connectivity index (χ3n) is 1.61. The van der Waals surface area contributed by atoms with E-state index in [1.807, 2.05) is 12.1 Å². The Balaban J connectivity index is 2.57. The minimum atomic E-state index is -0.151. The van der Waals surface area contributed by atoms with Crippen LogP contribution in [-0.4, -0.2) is 12.5 Å². The Hall–Kier alpha value is -1.34. The van der Waals surface area contributed by atoms with Crippen LogP contribution < -0.4 is 5.32 Å². The van der Waals surface area contributed by atoms with Crippen molar-refractivity contribution in [2.75, 3.05) is 6.54 Å². The first kappa shape index (κ1) is 10.7. The number of hydrogen-bond donors (Lipinski definition) is 1. The molecular formula is C10H9BrN2O. The molecule has 14 heavy (non-hydrogen) atoms. The fraction of sp³-hybridized carbons (Fsp3) is 0.200. The third kappa shape index (κ3) is 3.19. The van der Waals surface area contributed by atoms with Crippen molar-refractivity contribution in [1.82, 2.24) is 5.32 Å². The van der Waals surface area contributed by atoms with E-state index in [2.05, 4.69) is 21.2 Å². The van der Waals surface area contributed by atoms with E-state index >= 15 is 0 Å². The molecule has 4 heteroatoms. The second-order valence-electron chi connectivity index (χ2n) is 2.67. The molecular weight excluding hydrogens is 244 g/mol. The molecule has 0 aliphatic rings. The Labute approximate surface area is 90.9 Å². The molecule has 0 heterocycles. The van der Waals surface area contributed by atoms with Gasteiger partial charge in [0.1, 0.15) is 0 Å². The summed E-state index contributed by atoms with van der Waals surface area (Å²) >= 11 is 3.28. The van der Waals surface area contributed by atoms with E-state index in [0.29, 0.717) is 18.5 Å². The average molecular weight is 253 g/mol. The number of carbonyl (C=O) groups is 1. The molecule has 0 fully saturated rings. The van der Waals surface area contributed by atoms with Gasteiger partial charge in [0.2, 0.25) is 0 Å². The molecule has 3 nitrogen and oxygen atoms in total. The lowest BCUT2D eigenvalue weighted by atomic mass is 10.2. The summed E-state index contributed by atoms with van der Waals surface area (Å²) in [6.07, 6.45) is 0.333. The van der Waals surface area contributed by atoms with Gasteiger partial charge in [-0.15, -0.1) is 0 Å². The number of benzene rings is 1. The molecule has 0 atom stereocenters. The van der Waals surface area contributed by atoms with E-state index in [0.717, 1.165) is 4.47 Å². The molecule has 0 spiro atoms. The minimum absolute atomic E-state index is 0.151. The lowest BCUT2D eigenvalue weighted by Gasteiger charge is -2.02. The van der Waals surface area contributed by atoms with Crippen molar-refractivity contribution in [1.29, 1.82) is 5.26 Å². The molecule has 0 bridgehead atoms. The number of nitrogens with one attached hydrogen (secondary N) is 1. The maximum atomic E-state index is 11.4. The van der Waals surface area contributed by atoms with Crippen molar-refractivity contribution in [2.24, 2.45) is 0 Å². The highest BCUT2D eigenvalue weighted by Crippen LogP contribution is 2.11. The summed E-state index contributed by atoms with van der Waals surface area (Å²) in [6.45, 7) is 0.391. The fourth-order valence-corrected chi connectivity index (χ4v) is 1.36. The van der Waals surface area contributed by atoms with E-state index in [9.17, 15) is 4.79 Å². The predicted octanol–water partition coefficient (Wildman–Crippen LogP) is 2.09. The molecule has 1 amide bonds.